The number of carboxylic acids is 1. The number of piperazine rings is 1. The molecule has 7 nitrogen and oxygen atoms in total. The van der Waals surface area contributed by atoms with E-state index in [1.807, 2.05) is 9.58 Å². The highest BCUT2D eigenvalue weighted by molar-refractivity contribution is 5.73. The molecule has 1 atom stereocenters. The van der Waals surface area contributed by atoms with E-state index in [1.165, 1.54) is 6.33 Å². The van der Waals surface area contributed by atoms with E-state index in [2.05, 4.69) is 22.3 Å². The van der Waals surface area contributed by atoms with Crippen LogP contribution in [0, 0.1) is 0 Å². The van der Waals surface area contributed by atoms with Crippen molar-refractivity contribution in [2.75, 3.05) is 19.6 Å². The van der Waals surface area contributed by atoms with Gasteiger partial charge in [0.2, 0.25) is 0 Å². The van der Waals surface area contributed by atoms with Crippen molar-refractivity contribution in [2.24, 2.45) is 0 Å². The Hall–Kier alpha value is -1.47. The predicted molar refractivity (Wildman–Crippen MR) is 65.0 cm³/mol. The second-order valence-corrected chi connectivity index (χ2v) is 4.43. The molecule has 2 rings (SSSR count). The normalized spacial score (nSPS) is 21.1. The number of aryl methyl sites for hydroxylation is 1. The lowest BCUT2D eigenvalue weighted by Crippen LogP contribution is -2.54. The molecule has 0 aromatic carbocycles. The molecule has 0 spiro atoms. The fourth-order valence-electron chi connectivity index (χ4n) is 2.17. The van der Waals surface area contributed by atoms with Gasteiger partial charge in [-0.2, -0.15) is 5.10 Å². The van der Waals surface area contributed by atoms with Gasteiger partial charge >= 0.3 is 5.97 Å². The molecule has 1 aliphatic rings. The molecule has 7 heteroatoms. The van der Waals surface area contributed by atoms with E-state index in [0.717, 1.165) is 31.9 Å². The van der Waals surface area contributed by atoms with Crippen LogP contribution in [0.2, 0.25) is 0 Å². The fourth-order valence-corrected chi connectivity index (χ4v) is 2.17. The zero-order valence-corrected chi connectivity index (χ0v) is 10.5. The summed E-state index contributed by atoms with van der Waals surface area (Å²) in [4.78, 5) is 17.3. The van der Waals surface area contributed by atoms with Gasteiger partial charge < -0.3 is 10.4 Å². The topological polar surface area (TPSA) is 83.3 Å². The fraction of sp³-hybridized carbons (Fsp3) is 0.727. The summed E-state index contributed by atoms with van der Waals surface area (Å²) in [5.74, 6) is 0.0498. The average molecular weight is 253 g/mol. The molecule has 1 unspecified atom stereocenters. The maximum Gasteiger partial charge on any atom is 0.322 e. The molecule has 2 N–H and O–H groups in total. The van der Waals surface area contributed by atoms with E-state index in [0.29, 0.717) is 13.1 Å². The number of aromatic nitrogens is 3. The van der Waals surface area contributed by atoms with Crippen LogP contribution in [0.1, 0.15) is 19.2 Å². The number of hydrogen-bond donors (Lipinski definition) is 2. The molecule has 1 aromatic rings. The van der Waals surface area contributed by atoms with Gasteiger partial charge in [0.05, 0.1) is 6.54 Å². The minimum Gasteiger partial charge on any atom is -0.480 e. The third-order valence-corrected chi connectivity index (χ3v) is 3.11. The van der Waals surface area contributed by atoms with E-state index in [4.69, 9.17) is 0 Å². The van der Waals surface area contributed by atoms with E-state index in [1.54, 1.807) is 0 Å². The number of rotatable bonds is 5. The van der Waals surface area contributed by atoms with Gasteiger partial charge in [0.25, 0.3) is 0 Å². The van der Waals surface area contributed by atoms with Gasteiger partial charge in [-0.05, 0) is 6.42 Å². The second-order valence-electron chi connectivity index (χ2n) is 4.43. The Morgan fingerprint density at radius 1 is 1.67 bits per heavy atom. The maximum absolute atomic E-state index is 11.2. The molecule has 2 heterocycles. The van der Waals surface area contributed by atoms with E-state index >= 15 is 0 Å². The molecule has 1 fully saturated rings. The number of nitrogens with zero attached hydrogens (tertiary/aromatic N) is 4. The lowest BCUT2D eigenvalue weighted by atomic mass is 10.2. The van der Waals surface area contributed by atoms with Crippen molar-refractivity contribution in [3.8, 4) is 0 Å². The number of aliphatic carboxylic acids is 1. The average Bonchev–Trinajstić information content (AvgIpc) is 2.78. The first-order valence-electron chi connectivity index (χ1n) is 6.26. The SMILES string of the molecule is CCCn1ncnc1CN1CCNCC1C(=O)O. The Balaban J connectivity index is 2.06. The lowest BCUT2D eigenvalue weighted by Gasteiger charge is -2.32. The van der Waals surface area contributed by atoms with Crippen molar-refractivity contribution < 1.29 is 9.90 Å². The molecule has 18 heavy (non-hydrogen) atoms. The monoisotopic (exact) mass is 253 g/mol. The van der Waals surface area contributed by atoms with Crippen molar-refractivity contribution in [1.29, 1.82) is 0 Å². The standard InChI is InChI=1S/C11H19N5O2/c1-2-4-16-10(13-8-14-16)7-15-5-3-12-6-9(15)11(17)18/h8-9,12H,2-7H2,1H3,(H,17,18). The molecule has 100 valence electrons. The molecule has 1 saturated heterocycles. The van der Waals surface area contributed by atoms with Crippen LogP contribution in [-0.2, 0) is 17.9 Å². The van der Waals surface area contributed by atoms with Crippen molar-refractivity contribution in [2.45, 2.75) is 32.5 Å². The maximum atomic E-state index is 11.2. The second kappa shape index (κ2) is 5.92. The molecule has 0 saturated carbocycles. The zero-order valence-electron chi connectivity index (χ0n) is 10.5. The van der Waals surface area contributed by atoms with E-state index < -0.39 is 12.0 Å². The van der Waals surface area contributed by atoms with Gasteiger partial charge in [-0.3, -0.25) is 9.69 Å². The summed E-state index contributed by atoms with van der Waals surface area (Å²) in [6.45, 7) is 5.45. The minimum absolute atomic E-state index is 0.481. The minimum atomic E-state index is -0.788. The Morgan fingerprint density at radius 3 is 3.22 bits per heavy atom. The molecule has 0 aliphatic carbocycles. The van der Waals surface area contributed by atoms with Crippen LogP contribution in [0.4, 0.5) is 0 Å². The van der Waals surface area contributed by atoms with Gasteiger partial charge in [0.1, 0.15) is 18.2 Å². The Labute approximate surface area is 106 Å². The van der Waals surface area contributed by atoms with Crippen LogP contribution < -0.4 is 5.32 Å². The van der Waals surface area contributed by atoms with Crippen LogP contribution in [0.25, 0.3) is 0 Å². The molecule has 0 amide bonds. The van der Waals surface area contributed by atoms with Crippen LogP contribution >= 0.6 is 0 Å². The van der Waals surface area contributed by atoms with Crippen molar-refractivity contribution in [3.05, 3.63) is 12.2 Å². The molecular weight excluding hydrogens is 234 g/mol. The van der Waals surface area contributed by atoms with E-state index in [-0.39, 0.29) is 0 Å². The summed E-state index contributed by atoms with van der Waals surface area (Å²) in [7, 11) is 0. The van der Waals surface area contributed by atoms with Crippen LogP contribution in [0.3, 0.4) is 0 Å². The highest BCUT2D eigenvalue weighted by Gasteiger charge is 2.29. The molecule has 0 radical (unpaired) electrons. The summed E-state index contributed by atoms with van der Waals surface area (Å²) >= 11 is 0. The van der Waals surface area contributed by atoms with Gasteiger partial charge in [-0.25, -0.2) is 9.67 Å². The smallest absolute Gasteiger partial charge is 0.322 e. The Morgan fingerprint density at radius 2 is 2.50 bits per heavy atom. The first kappa shape index (κ1) is 13.0. The van der Waals surface area contributed by atoms with Crippen molar-refractivity contribution in [3.63, 3.8) is 0 Å². The summed E-state index contributed by atoms with van der Waals surface area (Å²) in [5, 5.41) is 16.4. The largest absolute Gasteiger partial charge is 0.480 e. The van der Waals surface area contributed by atoms with Gasteiger partial charge in [-0.1, -0.05) is 6.92 Å². The third kappa shape index (κ3) is 2.85. The number of carbonyl (C=O) groups is 1. The van der Waals surface area contributed by atoms with Crippen molar-refractivity contribution >= 4 is 5.97 Å². The highest BCUT2D eigenvalue weighted by atomic mass is 16.4. The predicted octanol–water partition coefficient (Wildman–Crippen LogP) is -0.453. The zero-order chi connectivity index (χ0) is 13.0. The number of nitrogens with one attached hydrogen (secondary N) is 1. The number of hydrogen-bond acceptors (Lipinski definition) is 5. The van der Waals surface area contributed by atoms with Crippen LogP contribution in [0.15, 0.2) is 6.33 Å². The summed E-state index contributed by atoms with van der Waals surface area (Å²) in [6.07, 6.45) is 2.52. The molecular formula is C11H19N5O2. The van der Waals surface area contributed by atoms with Crippen LogP contribution in [-0.4, -0.2) is 56.4 Å². The van der Waals surface area contributed by atoms with Crippen LogP contribution in [0.5, 0.6) is 0 Å². The van der Waals surface area contributed by atoms with Gasteiger partial charge in [0, 0.05) is 26.2 Å². The molecule has 0 bridgehead atoms. The molecule has 1 aliphatic heterocycles. The summed E-state index contributed by atoms with van der Waals surface area (Å²) in [6, 6.07) is -0.481. The Kier molecular flexibility index (Phi) is 4.27. The summed E-state index contributed by atoms with van der Waals surface area (Å²) < 4.78 is 1.85. The highest BCUT2D eigenvalue weighted by Crippen LogP contribution is 2.09. The summed E-state index contributed by atoms with van der Waals surface area (Å²) in [5.41, 5.74) is 0. The Bertz CT molecular complexity index is 406. The van der Waals surface area contributed by atoms with E-state index in [9.17, 15) is 9.90 Å². The van der Waals surface area contributed by atoms with Gasteiger partial charge in [0.15, 0.2) is 0 Å². The van der Waals surface area contributed by atoms with Crippen molar-refractivity contribution in [1.82, 2.24) is 25.0 Å². The first-order valence-corrected chi connectivity index (χ1v) is 6.26. The van der Waals surface area contributed by atoms with Gasteiger partial charge in [-0.15, -0.1) is 0 Å². The molecule has 1 aromatic heterocycles. The number of carboxylic acid groups (broad SMARTS) is 1. The quantitative estimate of drug-likeness (QED) is 0.739. The lowest BCUT2D eigenvalue weighted by molar-refractivity contribution is -0.144. The first-order chi connectivity index (χ1) is 8.72. The third-order valence-electron chi connectivity index (χ3n) is 3.11.